The molecule has 6 heterocycles. The van der Waals surface area contributed by atoms with Crippen LogP contribution in [0.3, 0.4) is 0 Å². The first-order valence-corrected chi connectivity index (χ1v) is 24.2. The van der Waals surface area contributed by atoms with E-state index >= 15 is 0 Å². The molecule has 9 atom stereocenters. The first-order valence-electron chi connectivity index (χ1n) is 19.5. The van der Waals surface area contributed by atoms with Crippen molar-refractivity contribution in [1.82, 2.24) is 30.7 Å². The quantitative estimate of drug-likeness (QED) is 0.0894. The van der Waals surface area contributed by atoms with E-state index in [1.807, 2.05) is 0 Å². The molecule has 0 bridgehead atoms. The largest absolute Gasteiger partial charge is 0.484 e. The average Bonchev–Trinajstić information content (AvgIpc) is 3.54. The third-order valence-electron chi connectivity index (χ3n) is 12.8. The molecule has 0 aliphatic carbocycles. The Hall–Kier alpha value is -6.30. The summed E-state index contributed by atoms with van der Waals surface area (Å²) in [5.74, 6) is -11.8. The first kappa shape index (κ1) is 47.7. The summed E-state index contributed by atoms with van der Waals surface area (Å²) < 4.78 is 90.1. The second kappa shape index (κ2) is 15.1. The minimum atomic E-state index is -4.33. The van der Waals surface area contributed by atoms with E-state index in [0.29, 0.717) is 14.7 Å². The molecule has 0 spiro atoms. The van der Waals surface area contributed by atoms with Crippen molar-refractivity contribution < 1.29 is 97.9 Å². The maximum absolute atomic E-state index is 13.2. The van der Waals surface area contributed by atoms with Crippen LogP contribution in [-0.2, 0) is 72.7 Å². The van der Waals surface area contributed by atoms with Gasteiger partial charge in [-0.25, -0.2) is 39.6 Å². The highest BCUT2D eigenvalue weighted by Crippen LogP contribution is 2.48. The summed E-state index contributed by atoms with van der Waals surface area (Å²) in [6, 6.07) is -7.03. The molecule has 27 nitrogen and oxygen atoms in total. The van der Waals surface area contributed by atoms with Crippen LogP contribution >= 0.6 is 0 Å². The molecule has 0 saturated carbocycles. The third-order valence-corrected chi connectivity index (χ3v) is 21.3. The summed E-state index contributed by atoms with van der Waals surface area (Å²) in [4.78, 5) is 115. The fraction of sp³-hybridized carbons (Fsp3) is 0.583. The molecule has 6 fully saturated rings. The molecule has 7 rings (SSSR count). The Labute approximate surface area is 373 Å². The van der Waals surface area contributed by atoms with Crippen molar-refractivity contribution in [3.63, 3.8) is 0 Å². The number of fused-ring (bicyclic) bond motifs is 3. The van der Waals surface area contributed by atoms with Gasteiger partial charge in [-0.1, -0.05) is 0 Å². The van der Waals surface area contributed by atoms with Crippen molar-refractivity contribution in [3.8, 4) is 17.2 Å². The molecule has 6 amide bonds. The fourth-order valence-electron chi connectivity index (χ4n) is 9.21. The number of nitrogens with one attached hydrogen (secondary N) is 3. The highest BCUT2D eigenvalue weighted by Gasteiger charge is 2.75. The zero-order valence-electron chi connectivity index (χ0n) is 35.3. The topological polar surface area (TPSA) is 390 Å². The Balaban J connectivity index is 1.04. The Bertz CT molecular complexity index is 2470. The Morgan fingerprint density at radius 1 is 0.485 bits per heavy atom. The highest BCUT2D eigenvalue weighted by atomic mass is 32.2. The van der Waals surface area contributed by atoms with Crippen LogP contribution in [0.1, 0.15) is 41.5 Å². The van der Waals surface area contributed by atoms with Crippen molar-refractivity contribution in [3.05, 3.63) is 18.2 Å². The maximum atomic E-state index is 13.2. The van der Waals surface area contributed by atoms with Crippen LogP contribution in [0.4, 0.5) is 0 Å². The zero-order chi connectivity index (χ0) is 49.3. The number of sulfone groups is 3. The second-order valence-corrected chi connectivity index (χ2v) is 25.6. The number of carbonyl (C=O) groups excluding carboxylic acids is 6. The van der Waals surface area contributed by atoms with Crippen LogP contribution in [0.2, 0.25) is 0 Å². The van der Waals surface area contributed by atoms with E-state index in [1.165, 1.54) is 0 Å². The van der Waals surface area contributed by atoms with Gasteiger partial charge >= 0.3 is 17.9 Å². The van der Waals surface area contributed by atoms with E-state index < -0.39 is 169 Å². The lowest BCUT2D eigenvalue weighted by molar-refractivity contribution is -0.161. The van der Waals surface area contributed by atoms with Gasteiger partial charge in [0.2, 0.25) is 17.7 Å². The number of β-lactam (4-membered cyclic amide) rings is 3. The lowest BCUT2D eigenvalue weighted by atomic mass is 9.96. The summed E-state index contributed by atoms with van der Waals surface area (Å²) in [5, 5.41) is 30.5. The van der Waals surface area contributed by atoms with E-state index in [4.69, 9.17) is 14.2 Å². The number of hydrogen-bond donors (Lipinski definition) is 6. The Morgan fingerprint density at radius 2 is 0.697 bits per heavy atom. The summed E-state index contributed by atoms with van der Waals surface area (Å²) in [7, 11) is -13.0. The molecule has 6 N–H and O–H groups in total. The van der Waals surface area contributed by atoms with Crippen LogP contribution < -0.4 is 30.2 Å². The smallest absolute Gasteiger partial charge is 0.328 e. The number of nitrogens with zero attached hydrogens (tertiary/aromatic N) is 3. The number of ether oxygens (including phenoxy) is 3. The van der Waals surface area contributed by atoms with Gasteiger partial charge in [-0.2, -0.15) is 0 Å². The molecule has 66 heavy (non-hydrogen) atoms. The minimum Gasteiger partial charge on any atom is -0.484 e. The number of carbonyl (C=O) groups is 9. The van der Waals surface area contributed by atoms with Gasteiger partial charge in [0.1, 0.15) is 67.7 Å². The van der Waals surface area contributed by atoms with Gasteiger partial charge in [0, 0.05) is 18.2 Å². The van der Waals surface area contributed by atoms with E-state index in [1.54, 1.807) is 0 Å². The van der Waals surface area contributed by atoms with E-state index in [0.717, 1.165) is 59.7 Å². The van der Waals surface area contributed by atoms with Gasteiger partial charge in [0.15, 0.2) is 65.5 Å². The van der Waals surface area contributed by atoms with Crippen LogP contribution in [0.15, 0.2) is 18.2 Å². The summed E-state index contributed by atoms with van der Waals surface area (Å²) in [5.41, 5.74) is 0. The lowest BCUT2D eigenvalue weighted by Gasteiger charge is -2.42. The molecule has 1 aromatic rings. The van der Waals surface area contributed by atoms with Crippen LogP contribution in [-0.4, -0.2) is 195 Å². The number of carboxylic acids is 3. The lowest BCUT2D eigenvalue weighted by Crippen LogP contribution is -2.72. The molecule has 30 heteroatoms. The van der Waals surface area contributed by atoms with Crippen LogP contribution in [0.25, 0.3) is 0 Å². The van der Waals surface area contributed by atoms with Gasteiger partial charge in [0.05, 0.1) is 0 Å². The number of aliphatic carboxylic acids is 3. The molecule has 360 valence electrons. The van der Waals surface area contributed by atoms with E-state index in [9.17, 15) is 83.7 Å². The highest BCUT2D eigenvalue weighted by molar-refractivity contribution is 7.94. The predicted molar refractivity (Wildman–Crippen MR) is 214 cm³/mol. The minimum absolute atomic E-state index is 0.312. The van der Waals surface area contributed by atoms with Crippen LogP contribution in [0, 0.1) is 0 Å². The standard InChI is InChI=1S/C36H42N6O21S3/c1-34(2)22(31(49)50)40-25(46)19(28(40)64(34,55)56)37-16(43)10-61-13-7-14(62-11-17(44)38-20-26(47)41-23(32(51)52)35(3,4)65(57,58)29(20)41)9-15(8-13)63-12-18(45)39-21-27(48)42-24(33(53)54)36(5,6)66(59,60)30(21)42/h7-9,19-24,28-30H,10-12H2,1-6H3,(H,37,43)(H,38,44)(H,39,45)(H,49,50)(H,51,52)(H,53,54)/t19-,20-,21-,22?,23?,24?,28?,29?,30?/m1/s1. The molecular formula is C36H42N6O21S3. The molecule has 6 aliphatic heterocycles. The predicted octanol–water partition coefficient (Wildman–Crippen LogP) is -5.24. The van der Waals surface area contributed by atoms with Crippen LogP contribution in [0.5, 0.6) is 17.2 Å². The Morgan fingerprint density at radius 3 is 0.894 bits per heavy atom. The van der Waals surface area contributed by atoms with Gasteiger partial charge in [-0.15, -0.1) is 0 Å². The third kappa shape index (κ3) is 6.60. The van der Waals surface area contributed by atoms with Gasteiger partial charge in [-0.05, 0) is 41.5 Å². The monoisotopic (exact) mass is 990 g/mol. The van der Waals surface area contributed by atoms with E-state index in [2.05, 4.69) is 16.0 Å². The molecular weight excluding hydrogens is 949 g/mol. The Kier molecular flexibility index (Phi) is 10.9. The van der Waals surface area contributed by atoms with E-state index in [-0.39, 0.29) is 17.2 Å². The van der Waals surface area contributed by atoms with Crippen molar-refractivity contribution in [1.29, 1.82) is 0 Å². The number of carboxylic acid groups (broad SMARTS) is 3. The van der Waals surface area contributed by atoms with Gasteiger partial charge in [-0.3, -0.25) is 28.8 Å². The summed E-state index contributed by atoms with van der Waals surface area (Å²) in [6.07, 6.45) is 0. The number of hydrogen-bond acceptors (Lipinski definition) is 18. The second-order valence-electron chi connectivity index (χ2n) is 17.7. The molecule has 6 aliphatic rings. The number of benzene rings is 1. The van der Waals surface area contributed by atoms with Crippen molar-refractivity contribution in [2.24, 2.45) is 0 Å². The van der Waals surface area contributed by atoms with Gasteiger partial charge in [0.25, 0.3) is 17.7 Å². The SMILES string of the molecule is CC1(C)C(C(=O)O)N2C(=O)[C@@H](NC(=O)COc3cc(OCC(=O)N[C@@H]4C(=O)N5C(C(=O)O)C(C)(C)S(=O)(=O)C45)cc(OCC(=O)N[C@@H]4C(=O)N5C(C(=O)O)C(C)(C)S(=O)(=O)C45)c3)C2S1(=O)=O. The number of rotatable bonds is 15. The summed E-state index contributed by atoms with van der Waals surface area (Å²) in [6.45, 7) is 3.95. The molecule has 1 aromatic carbocycles. The van der Waals surface area contributed by atoms with Gasteiger partial charge < -0.3 is 60.2 Å². The normalized spacial score (nSPS) is 31.6. The average molecular weight is 991 g/mol. The van der Waals surface area contributed by atoms with Crippen molar-refractivity contribution in [2.75, 3.05) is 19.8 Å². The fourth-order valence-corrected chi connectivity index (χ4v) is 15.9. The first-order chi connectivity index (χ1) is 30.3. The maximum Gasteiger partial charge on any atom is 0.328 e. The zero-order valence-corrected chi connectivity index (χ0v) is 37.8. The number of amides is 6. The van der Waals surface area contributed by atoms with Crippen molar-refractivity contribution >= 4 is 82.9 Å². The summed E-state index contributed by atoms with van der Waals surface area (Å²) >= 11 is 0. The van der Waals surface area contributed by atoms with Crippen molar-refractivity contribution in [2.45, 2.75) is 108 Å². The molecule has 0 aromatic heterocycles. The molecule has 6 unspecified atom stereocenters. The molecule has 0 radical (unpaired) electrons. The molecule has 6 saturated heterocycles.